The highest BCUT2D eigenvalue weighted by molar-refractivity contribution is 6.73. The molecule has 0 aromatic heterocycles. The minimum absolute atomic E-state index is 1.06. The van der Waals surface area contributed by atoms with Crippen molar-refractivity contribution in [3.63, 3.8) is 0 Å². The van der Waals surface area contributed by atoms with Gasteiger partial charge in [0.25, 0.3) is 0 Å². The highest BCUT2D eigenvalue weighted by Gasteiger charge is 2.32. The summed E-state index contributed by atoms with van der Waals surface area (Å²) in [7, 11) is -1.20. The molecule has 0 spiro atoms. The fourth-order valence-corrected chi connectivity index (χ4v) is 7.41. The van der Waals surface area contributed by atoms with E-state index in [1.807, 2.05) is 0 Å². The number of hydrogen-bond donors (Lipinski definition) is 0. The molecule has 0 atom stereocenters. The molecule has 0 unspecified atom stereocenters. The number of unbranched alkanes of at least 4 members (excludes halogenated alkanes) is 15. The third-order valence-electron chi connectivity index (χ3n) is 6.11. The monoisotopic (exact) mass is 368 g/mol. The van der Waals surface area contributed by atoms with Gasteiger partial charge >= 0.3 is 0 Å². The Morgan fingerprint density at radius 2 is 0.920 bits per heavy atom. The number of hydrogen-bond acceptors (Lipinski definition) is 1. The van der Waals surface area contributed by atoms with Crippen molar-refractivity contribution in [3.8, 4) is 0 Å². The van der Waals surface area contributed by atoms with Crippen LogP contribution in [0.4, 0.5) is 0 Å². The molecule has 0 N–H and O–H groups in total. The molecule has 0 aromatic rings. The van der Waals surface area contributed by atoms with Crippen molar-refractivity contribution in [3.05, 3.63) is 0 Å². The topological polar surface area (TPSA) is 9.23 Å². The smallest absolute Gasteiger partial charge is 0.189 e. The lowest BCUT2D eigenvalue weighted by atomic mass is 10.0. The predicted octanol–water partition coefficient (Wildman–Crippen LogP) is 8.63. The van der Waals surface area contributed by atoms with Gasteiger partial charge in [-0.25, -0.2) is 0 Å². The van der Waals surface area contributed by atoms with Crippen LogP contribution in [0.1, 0.15) is 122 Å². The van der Waals surface area contributed by atoms with E-state index in [0.29, 0.717) is 0 Å². The molecule has 1 saturated heterocycles. The minimum Gasteiger partial charge on any atom is -0.417 e. The molecule has 1 nitrogen and oxygen atoms in total. The molecule has 0 saturated carbocycles. The van der Waals surface area contributed by atoms with E-state index in [4.69, 9.17) is 4.43 Å². The van der Waals surface area contributed by atoms with E-state index in [2.05, 4.69) is 13.5 Å². The summed E-state index contributed by atoms with van der Waals surface area (Å²) in [4.78, 5) is 0. The molecule has 0 radical (unpaired) electrons. The standard InChI is InChI=1S/C23H48OSi/c1-3-4-5-6-7-8-9-10-11-12-13-14-15-16-17-18-21-24-25(2)22-19-20-23-25/h3-23H2,1-2H3. The Kier molecular flexibility index (Phi) is 15.2. The normalized spacial score (nSPS) is 16.6. The fraction of sp³-hybridized carbons (Fsp3) is 1.00. The van der Waals surface area contributed by atoms with Gasteiger partial charge in [0.15, 0.2) is 8.32 Å². The molecule has 0 bridgehead atoms. The van der Waals surface area contributed by atoms with Crippen LogP contribution in [-0.2, 0) is 4.43 Å². The maximum absolute atomic E-state index is 6.25. The van der Waals surface area contributed by atoms with E-state index in [0.717, 1.165) is 6.61 Å². The van der Waals surface area contributed by atoms with Gasteiger partial charge in [-0.2, -0.15) is 0 Å². The van der Waals surface area contributed by atoms with Crippen LogP contribution in [0.5, 0.6) is 0 Å². The van der Waals surface area contributed by atoms with Crippen LogP contribution in [-0.4, -0.2) is 14.9 Å². The van der Waals surface area contributed by atoms with Crippen molar-refractivity contribution >= 4 is 8.32 Å². The lowest BCUT2D eigenvalue weighted by molar-refractivity contribution is 0.293. The Balaban J connectivity index is 1.68. The van der Waals surface area contributed by atoms with Gasteiger partial charge in [0, 0.05) is 6.61 Å². The summed E-state index contributed by atoms with van der Waals surface area (Å²) >= 11 is 0. The summed E-state index contributed by atoms with van der Waals surface area (Å²) in [6.07, 6.45) is 26.0. The second kappa shape index (κ2) is 16.4. The molecular weight excluding hydrogens is 320 g/mol. The van der Waals surface area contributed by atoms with Gasteiger partial charge in [0.05, 0.1) is 0 Å². The second-order valence-corrected chi connectivity index (χ2v) is 13.0. The molecule has 1 aliphatic heterocycles. The van der Waals surface area contributed by atoms with Gasteiger partial charge in [0.2, 0.25) is 0 Å². The van der Waals surface area contributed by atoms with E-state index in [9.17, 15) is 0 Å². The first kappa shape index (κ1) is 23.2. The van der Waals surface area contributed by atoms with Crippen molar-refractivity contribution in [1.82, 2.24) is 0 Å². The third kappa shape index (κ3) is 14.0. The first-order valence-electron chi connectivity index (χ1n) is 11.9. The minimum atomic E-state index is -1.20. The van der Waals surface area contributed by atoms with E-state index in [1.165, 1.54) is 128 Å². The van der Waals surface area contributed by atoms with E-state index >= 15 is 0 Å². The molecule has 0 aliphatic carbocycles. The van der Waals surface area contributed by atoms with Crippen LogP contribution in [0.2, 0.25) is 18.6 Å². The van der Waals surface area contributed by atoms with Gasteiger partial charge in [-0.3, -0.25) is 0 Å². The summed E-state index contributed by atoms with van der Waals surface area (Å²) in [6, 6.07) is 2.84. The highest BCUT2D eigenvalue weighted by Crippen LogP contribution is 2.30. The highest BCUT2D eigenvalue weighted by atomic mass is 28.4. The third-order valence-corrected chi connectivity index (χ3v) is 9.83. The largest absolute Gasteiger partial charge is 0.417 e. The first-order valence-corrected chi connectivity index (χ1v) is 14.7. The predicted molar refractivity (Wildman–Crippen MR) is 116 cm³/mol. The zero-order valence-corrected chi connectivity index (χ0v) is 18.8. The molecule has 1 fully saturated rings. The van der Waals surface area contributed by atoms with E-state index < -0.39 is 8.32 Å². The molecule has 150 valence electrons. The van der Waals surface area contributed by atoms with Crippen LogP contribution in [0.15, 0.2) is 0 Å². The van der Waals surface area contributed by atoms with Gasteiger partial charge < -0.3 is 4.43 Å². The lowest BCUT2D eigenvalue weighted by Crippen LogP contribution is -2.30. The Morgan fingerprint density at radius 1 is 0.560 bits per heavy atom. The van der Waals surface area contributed by atoms with Crippen molar-refractivity contribution in [1.29, 1.82) is 0 Å². The average Bonchev–Trinajstić information content (AvgIpc) is 3.04. The molecular formula is C23H48OSi. The van der Waals surface area contributed by atoms with E-state index in [-0.39, 0.29) is 0 Å². The van der Waals surface area contributed by atoms with Gasteiger partial charge in [-0.05, 0) is 25.1 Å². The fourth-order valence-electron chi connectivity index (χ4n) is 4.24. The summed E-state index contributed by atoms with van der Waals surface area (Å²) in [5, 5.41) is 0. The summed E-state index contributed by atoms with van der Waals surface area (Å²) in [6.45, 7) is 5.81. The zero-order valence-electron chi connectivity index (χ0n) is 17.8. The summed E-state index contributed by atoms with van der Waals surface area (Å²) in [5.41, 5.74) is 0. The lowest BCUT2D eigenvalue weighted by Gasteiger charge is -2.21. The van der Waals surface area contributed by atoms with Crippen LogP contribution < -0.4 is 0 Å². The molecule has 2 heteroatoms. The van der Waals surface area contributed by atoms with Crippen LogP contribution in [0.25, 0.3) is 0 Å². The Bertz CT molecular complexity index is 273. The Hall–Kier alpha value is 0.177. The molecule has 0 aromatic carbocycles. The Labute approximate surface area is 160 Å². The van der Waals surface area contributed by atoms with Crippen LogP contribution >= 0.6 is 0 Å². The van der Waals surface area contributed by atoms with Crippen molar-refractivity contribution in [2.75, 3.05) is 6.61 Å². The van der Waals surface area contributed by atoms with Crippen LogP contribution in [0.3, 0.4) is 0 Å². The Morgan fingerprint density at radius 3 is 1.32 bits per heavy atom. The molecule has 1 aliphatic rings. The molecule has 1 heterocycles. The molecule has 0 amide bonds. The van der Waals surface area contributed by atoms with E-state index in [1.54, 1.807) is 0 Å². The second-order valence-electron chi connectivity index (χ2n) is 8.81. The SMILES string of the molecule is CCCCCCCCCCCCCCCCCCO[Si]1(C)CCCC1. The van der Waals surface area contributed by atoms with Crippen molar-refractivity contribution in [2.24, 2.45) is 0 Å². The zero-order chi connectivity index (χ0) is 18.1. The first-order chi connectivity index (χ1) is 12.3. The summed E-state index contributed by atoms with van der Waals surface area (Å²) in [5.74, 6) is 0. The average molecular weight is 369 g/mol. The molecule has 1 rings (SSSR count). The van der Waals surface area contributed by atoms with Gasteiger partial charge in [0.1, 0.15) is 0 Å². The van der Waals surface area contributed by atoms with Crippen molar-refractivity contribution < 1.29 is 4.43 Å². The molecule has 25 heavy (non-hydrogen) atoms. The van der Waals surface area contributed by atoms with Crippen molar-refractivity contribution in [2.45, 2.75) is 141 Å². The van der Waals surface area contributed by atoms with Gasteiger partial charge in [-0.15, -0.1) is 0 Å². The summed E-state index contributed by atoms with van der Waals surface area (Å²) < 4.78 is 6.25. The maximum atomic E-state index is 6.25. The quantitative estimate of drug-likeness (QED) is 0.174. The maximum Gasteiger partial charge on any atom is 0.189 e. The van der Waals surface area contributed by atoms with Crippen LogP contribution in [0, 0.1) is 0 Å². The number of rotatable bonds is 18. The van der Waals surface area contributed by atoms with Gasteiger partial charge in [-0.1, -0.05) is 116 Å².